The number of carbonyl (C=O) groups is 2. The largest absolute Gasteiger partial charge is 0.573 e. The first kappa shape index (κ1) is 27.5. The van der Waals surface area contributed by atoms with Crippen LogP contribution in [0.3, 0.4) is 0 Å². The zero-order valence-corrected chi connectivity index (χ0v) is 21.6. The molecule has 0 saturated carbocycles. The number of nitrogens with one attached hydrogen (secondary N) is 2. The van der Waals surface area contributed by atoms with Crippen LogP contribution in [0.15, 0.2) is 78.9 Å². The molecule has 0 aliphatic carbocycles. The third-order valence-corrected chi connectivity index (χ3v) is 5.97. The number of alkyl halides is 3. The number of benzene rings is 3. The Balaban J connectivity index is 1.41. The minimum absolute atomic E-state index is 0.195. The van der Waals surface area contributed by atoms with Crippen LogP contribution in [-0.2, 0) is 11.2 Å². The molecule has 9 heteroatoms. The number of carbonyl (C=O) groups excluding carboxylic acids is 2. The highest BCUT2D eigenvalue weighted by atomic mass is 19.4. The SMILES string of the molecule is COc1ccc2c(c1)/C(=C/C(=O)c1ccc(NC(=O)C=Cc3ccc(OC(F)(F)F)cc3)cc1)NC(C)(C)C2. The average molecular weight is 537 g/mol. The first-order valence-corrected chi connectivity index (χ1v) is 12.1. The molecule has 0 atom stereocenters. The molecule has 0 saturated heterocycles. The Labute approximate surface area is 224 Å². The van der Waals surface area contributed by atoms with E-state index in [0.717, 1.165) is 29.7 Å². The first-order chi connectivity index (χ1) is 18.4. The van der Waals surface area contributed by atoms with Gasteiger partial charge in [0.15, 0.2) is 5.78 Å². The molecule has 39 heavy (non-hydrogen) atoms. The molecule has 202 valence electrons. The van der Waals surface area contributed by atoms with Gasteiger partial charge in [-0.1, -0.05) is 18.2 Å². The van der Waals surface area contributed by atoms with Gasteiger partial charge in [-0.25, -0.2) is 0 Å². The number of halogens is 3. The molecule has 1 aliphatic heterocycles. The van der Waals surface area contributed by atoms with E-state index in [1.807, 2.05) is 18.2 Å². The summed E-state index contributed by atoms with van der Waals surface area (Å²) >= 11 is 0. The van der Waals surface area contributed by atoms with Gasteiger partial charge in [0.1, 0.15) is 11.5 Å². The summed E-state index contributed by atoms with van der Waals surface area (Å²) in [6.45, 7) is 4.14. The lowest BCUT2D eigenvalue weighted by atomic mass is 9.85. The van der Waals surface area contributed by atoms with Gasteiger partial charge in [-0.2, -0.15) is 0 Å². The van der Waals surface area contributed by atoms with Gasteiger partial charge in [-0.05, 0) is 86.0 Å². The molecule has 3 aromatic rings. The van der Waals surface area contributed by atoms with Crippen molar-refractivity contribution < 1.29 is 32.2 Å². The maximum atomic E-state index is 13.1. The van der Waals surface area contributed by atoms with Gasteiger partial charge >= 0.3 is 6.36 Å². The maximum absolute atomic E-state index is 13.1. The minimum Gasteiger partial charge on any atom is -0.497 e. The van der Waals surface area contributed by atoms with Gasteiger partial charge in [-0.3, -0.25) is 9.59 Å². The number of allylic oxidation sites excluding steroid dienone is 1. The molecule has 0 spiro atoms. The molecular weight excluding hydrogens is 509 g/mol. The molecule has 4 rings (SSSR count). The van der Waals surface area contributed by atoms with Crippen LogP contribution in [0.1, 0.15) is 40.9 Å². The summed E-state index contributed by atoms with van der Waals surface area (Å²) in [7, 11) is 1.60. The van der Waals surface area contributed by atoms with E-state index in [1.165, 1.54) is 24.3 Å². The number of ketones is 1. The smallest absolute Gasteiger partial charge is 0.497 e. The summed E-state index contributed by atoms with van der Waals surface area (Å²) in [6.07, 6.45) is 0.324. The van der Waals surface area contributed by atoms with Gasteiger partial charge in [-0.15, -0.1) is 13.2 Å². The quantitative estimate of drug-likeness (QED) is 0.270. The molecule has 1 aliphatic rings. The zero-order chi connectivity index (χ0) is 28.2. The third-order valence-electron chi connectivity index (χ3n) is 5.97. The molecule has 0 fully saturated rings. The Bertz CT molecular complexity index is 1420. The number of anilines is 1. The third kappa shape index (κ3) is 7.50. The van der Waals surface area contributed by atoms with Gasteiger partial charge in [0.25, 0.3) is 0 Å². The van der Waals surface area contributed by atoms with Gasteiger partial charge < -0.3 is 20.1 Å². The molecule has 0 aromatic heterocycles. The lowest BCUT2D eigenvalue weighted by molar-refractivity contribution is -0.274. The highest BCUT2D eigenvalue weighted by Crippen LogP contribution is 2.32. The van der Waals surface area contributed by atoms with Crippen molar-refractivity contribution >= 4 is 29.2 Å². The van der Waals surface area contributed by atoms with E-state index in [1.54, 1.807) is 37.5 Å². The van der Waals surface area contributed by atoms with Crippen LogP contribution >= 0.6 is 0 Å². The second-order valence-electron chi connectivity index (χ2n) is 9.65. The Morgan fingerprint density at radius 2 is 1.64 bits per heavy atom. The van der Waals surface area contributed by atoms with Crippen molar-refractivity contribution in [1.82, 2.24) is 5.32 Å². The van der Waals surface area contributed by atoms with Gasteiger partial charge in [0.2, 0.25) is 5.91 Å². The predicted octanol–water partition coefficient (Wildman–Crippen LogP) is 6.39. The molecule has 3 aromatic carbocycles. The van der Waals surface area contributed by atoms with Crippen molar-refractivity contribution in [2.75, 3.05) is 12.4 Å². The van der Waals surface area contributed by atoms with Crippen molar-refractivity contribution in [3.63, 3.8) is 0 Å². The second kappa shape index (κ2) is 11.1. The average Bonchev–Trinajstić information content (AvgIpc) is 2.87. The van der Waals surface area contributed by atoms with Gasteiger partial charge in [0, 0.05) is 40.2 Å². The Morgan fingerprint density at radius 1 is 0.974 bits per heavy atom. The Kier molecular flexibility index (Phi) is 7.80. The summed E-state index contributed by atoms with van der Waals surface area (Å²) in [5.74, 6) is -0.276. The Morgan fingerprint density at radius 3 is 2.28 bits per heavy atom. The molecule has 0 radical (unpaired) electrons. The van der Waals surface area contributed by atoms with Crippen LogP contribution in [0, 0.1) is 0 Å². The lowest BCUT2D eigenvalue weighted by Crippen LogP contribution is -2.43. The molecule has 0 bridgehead atoms. The summed E-state index contributed by atoms with van der Waals surface area (Å²) in [5, 5.41) is 6.13. The van der Waals surface area contributed by atoms with E-state index in [9.17, 15) is 22.8 Å². The van der Waals surface area contributed by atoms with E-state index >= 15 is 0 Å². The minimum atomic E-state index is -4.77. The van der Waals surface area contributed by atoms with E-state index < -0.39 is 12.3 Å². The lowest BCUT2D eigenvalue weighted by Gasteiger charge is -2.35. The van der Waals surface area contributed by atoms with Crippen LogP contribution in [0.5, 0.6) is 11.5 Å². The summed E-state index contributed by atoms with van der Waals surface area (Å²) < 4.78 is 46.0. The number of ether oxygens (including phenoxy) is 2. The number of rotatable bonds is 7. The van der Waals surface area contributed by atoms with Gasteiger partial charge in [0.05, 0.1) is 7.11 Å². The van der Waals surface area contributed by atoms with Crippen molar-refractivity contribution in [2.24, 2.45) is 0 Å². The number of amides is 1. The van der Waals surface area contributed by atoms with Crippen LogP contribution in [0.4, 0.5) is 18.9 Å². The van der Waals surface area contributed by atoms with E-state index in [-0.39, 0.29) is 17.1 Å². The predicted molar refractivity (Wildman–Crippen MR) is 143 cm³/mol. The molecule has 1 amide bonds. The fourth-order valence-corrected chi connectivity index (χ4v) is 4.22. The topological polar surface area (TPSA) is 76.7 Å². The van der Waals surface area contributed by atoms with Crippen LogP contribution < -0.4 is 20.1 Å². The van der Waals surface area contributed by atoms with Crippen LogP contribution in [-0.4, -0.2) is 30.7 Å². The highest BCUT2D eigenvalue weighted by Gasteiger charge is 2.31. The fourth-order valence-electron chi connectivity index (χ4n) is 4.22. The normalized spacial score (nSPS) is 15.4. The standard InChI is InChI=1S/C30H27F3N2O4/c1-29(2)18-21-9-14-24(38-3)16-25(21)26(35-29)17-27(36)20-7-10-22(11-8-20)34-28(37)15-6-19-4-12-23(13-5-19)39-30(31,32)33/h4-17,35H,18H2,1-3H3,(H,34,37)/b15-6?,26-17-. The number of fused-ring (bicyclic) bond motifs is 1. The second-order valence-corrected chi connectivity index (χ2v) is 9.65. The summed E-state index contributed by atoms with van der Waals surface area (Å²) in [5.41, 5.74) is 3.98. The van der Waals surface area contributed by atoms with Crippen LogP contribution in [0.2, 0.25) is 0 Å². The van der Waals surface area contributed by atoms with E-state index in [2.05, 4.69) is 29.2 Å². The van der Waals surface area contributed by atoms with Crippen molar-refractivity contribution in [3.05, 3.63) is 101 Å². The molecule has 1 heterocycles. The number of methoxy groups -OCH3 is 1. The van der Waals surface area contributed by atoms with Crippen molar-refractivity contribution in [2.45, 2.75) is 32.2 Å². The van der Waals surface area contributed by atoms with Crippen molar-refractivity contribution in [3.8, 4) is 11.5 Å². The summed E-state index contributed by atoms with van der Waals surface area (Å²) in [4.78, 5) is 25.3. The zero-order valence-electron chi connectivity index (χ0n) is 21.6. The van der Waals surface area contributed by atoms with E-state index in [0.29, 0.717) is 28.3 Å². The monoisotopic (exact) mass is 536 g/mol. The number of hydrogen-bond donors (Lipinski definition) is 2. The Hall–Kier alpha value is -4.53. The molecule has 6 nitrogen and oxygen atoms in total. The molecule has 2 N–H and O–H groups in total. The maximum Gasteiger partial charge on any atom is 0.573 e. The highest BCUT2D eigenvalue weighted by molar-refractivity contribution is 6.09. The number of hydrogen-bond acceptors (Lipinski definition) is 5. The van der Waals surface area contributed by atoms with Crippen molar-refractivity contribution in [1.29, 1.82) is 0 Å². The molecule has 0 unspecified atom stereocenters. The summed E-state index contributed by atoms with van der Waals surface area (Å²) in [6, 6.07) is 17.4. The molecular formula is C30H27F3N2O4. The van der Waals surface area contributed by atoms with Crippen LogP contribution in [0.25, 0.3) is 11.8 Å². The fraction of sp³-hybridized carbons (Fsp3) is 0.200. The van der Waals surface area contributed by atoms with E-state index in [4.69, 9.17) is 4.74 Å². The first-order valence-electron chi connectivity index (χ1n) is 12.1.